The second-order valence-electron chi connectivity index (χ2n) is 7.54. The summed E-state index contributed by atoms with van der Waals surface area (Å²) in [4.78, 5) is 6.95. The summed E-state index contributed by atoms with van der Waals surface area (Å²) in [5.41, 5.74) is 2.38. The van der Waals surface area contributed by atoms with E-state index >= 15 is 0 Å². The first kappa shape index (κ1) is 15.6. The molecule has 0 unspecified atom stereocenters. The third-order valence-electron chi connectivity index (χ3n) is 5.62. The van der Waals surface area contributed by atoms with Crippen LogP contribution in [0.3, 0.4) is 0 Å². The Balaban J connectivity index is 1.46. The molecule has 5 rings (SSSR count). The van der Waals surface area contributed by atoms with E-state index in [1.165, 1.54) is 18.5 Å². The van der Waals surface area contributed by atoms with Crippen LogP contribution in [0.5, 0.6) is 0 Å². The van der Waals surface area contributed by atoms with Gasteiger partial charge in [0.1, 0.15) is 5.52 Å². The first-order valence-electron chi connectivity index (χ1n) is 9.11. The zero-order chi connectivity index (χ0) is 17.7. The number of fused-ring (bicyclic) bond motifs is 1. The number of hydrogen-bond acceptors (Lipinski definition) is 6. The maximum absolute atomic E-state index is 5.47. The van der Waals surface area contributed by atoms with Gasteiger partial charge in [0, 0.05) is 43.6 Å². The summed E-state index contributed by atoms with van der Waals surface area (Å²) in [5, 5.41) is 15.6. The van der Waals surface area contributed by atoms with Crippen molar-refractivity contribution in [3.05, 3.63) is 30.1 Å². The number of methoxy groups -OCH3 is 1. The molecule has 0 bridgehead atoms. The van der Waals surface area contributed by atoms with Gasteiger partial charge in [0.05, 0.1) is 6.10 Å². The molecule has 0 amide bonds. The van der Waals surface area contributed by atoms with E-state index < -0.39 is 0 Å². The Morgan fingerprint density at radius 1 is 1.38 bits per heavy atom. The normalized spacial score (nSPS) is 21.5. The third kappa shape index (κ3) is 2.61. The summed E-state index contributed by atoms with van der Waals surface area (Å²) in [6, 6.07) is 6.07. The lowest BCUT2D eigenvalue weighted by Crippen LogP contribution is -2.25. The molecule has 3 aromatic heterocycles. The molecule has 1 aliphatic carbocycles. The van der Waals surface area contributed by atoms with Crippen LogP contribution in [0.2, 0.25) is 0 Å². The van der Waals surface area contributed by atoms with Crippen LogP contribution in [-0.2, 0) is 10.2 Å². The van der Waals surface area contributed by atoms with Crippen LogP contribution >= 0.6 is 0 Å². The Hall–Kier alpha value is -2.61. The average molecular weight is 353 g/mol. The van der Waals surface area contributed by atoms with E-state index in [0.717, 1.165) is 36.7 Å². The summed E-state index contributed by atoms with van der Waals surface area (Å²) >= 11 is 0. The molecule has 2 N–H and O–H groups in total. The summed E-state index contributed by atoms with van der Waals surface area (Å²) in [5.74, 6) is 2.26. The number of aromatic nitrogens is 5. The van der Waals surface area contributed by atoms with Gasteiger partial charge in [0.25, 0.3) is 0 Å². The molecule has 2 fully saturated rings. The number of aromatic amines is 1. The van der Waals surface area contributed by atoms with Crippen LogP contribution in [0, 0.1) is 0 Å². The molecule has 1 atom stereocenters. The van der Waals surface area contributed by atoms with Crippen LogP contribution in [-0.4, -0.2) is 51.1 Å². The molecular formula is C18H23N7O. The molecule has 4 heterocycles. The molecule has 8 nitrogen and oxygen atoms in total. The van der Waals surface area contributed by atoms with Gasteiger partial charge in [-0.1, -0.05) is 6.92 Å². The van der Waals surface area contributed by atoms with Gasteiger partial charge in [-0.25, -0.2) is 4.52 Å². The van der Waals surface area contributed by atoms with Gasteiger partial charge in [0.2, 0.25) is 5.95 Å². The van der Waals surface area contributed by atoms with Crippen molar-refractivity contribution >= 4 is 23.1 Å². The highest BCUT2D eigenvalue weighted by molar-refractivity contribution is 5.73. The minimum absolute atomic E-state index is 0.239. The molecular weight excluding hydrogens is 330 g/mol. The van der Waals surface area contributed by atoms with Crippen LogP contribution < -0.4 is 10.2 Å². The van der Waals surface area contributed by atoms with E-state index in [2.05, 4.69) is 38.5 Å². The van der Waals surface area contributed by atoms with Crippen molar-refractivity contribution in [1.29, 1.82) is 0 Å². The van der Waals surface area contributed by atoms with Crippen LogP contribution in [0.4, 0.5) is 17.6 Å². The number of nitrogens with one attached hydrogen (secondary N) is 2. The Morgan fingerprint density at radius 3 is 3.04 bits per heavy atom. The van der Waals surface area contributed by atoms with Crippen molar-refractivity contribution in [2.24, 2.45) is 0 Å². The second-order valence-corrected chi connectivity index (χ2v) is 7.54. The summed E-state index contributed by atoms with van der Waals surface area (Å²) in [6.45, 7) is 3.97. The fraction of sp³-hybridized carbons (Fsp3) is 0.500. The van der Waals surface area contributed by atoms with Gasteiger partial charge < -0.3 is 15.0 Å². The van der Waals surface area contributed by atoms with Crippen LogP contribution in [0.15, 0.2) is 24.4 Å². The highest BCUT2D eigenvalue weighted by Crippen LogP contribution is 2.47. The van der Waals surface area contributed by atoms with Crippen molar-refractivity contribution in [1.82, 2.24) is 24.8 Å². The van der Waals surface area contributed by atoms with E-state index in [0.29, 0.717) is 5.95 Å². The predicted octanol–water partition coefficient (Wildman–Crippen LogP) is 2.47. The Labute approximate surface area is 151 Å². The molecule has 0 spiro atoms. The number of nitrogens with zero attached hydrogens (tertiary/aromatic N) is 5. The molecule has 136 valence electrons. The molecule has 2 aliphatic rings. The largest absolute Gasteiger partial charge is 0.380 e. The third-order valence-corrected chi connectivity index (χ3v) is 5.62. The lowest BCUT2D eigenvalue weighted by Gasteiger charge is -2.17. The minimum atomic E-state index is 0.239. The standard InChI is InChI=1S/C18H23N7O/c1-18(6-7-18)14-10-15(22-21-14)19-16-13-4-3-8-25(13)23-17(20-16)24-9-5-12(11-24)26-2/h3-4,8,10,12H,5-7,9,11H2,1-2H3,(H2,19,20,21,22,23)/t12-/m1/s1. The number of hydrogen-bond donors (Lipinski definition) is 2. The lowest BCUT2D eigenvalue weighted by molar-refractivity contribution is 0.121. The molecule has 1 saturated carbocycles. The maximum atomic E-state index is 5.47. The topological polar surface area (TPSA) is 83.4 Å². The molecule has 0 radical (unpaired) electrons. The van der Waals surface area contributed by atoms with Gasteiger partial charge in [0.15, 0.2) is 11.6 Å². The first-order chi connectivity index (χ1) is 12.6. The number of anilines is 3. The quantitative estimate of drug-likeness (QED) is 0.733. The Bertz CT molecular complexity index is 942. The number of ether oxygens (including phenoxy) is 1. The Kier molecular flexibility index (Phi) is 3.43. The molecule has 26 heavy (non-hydrogen) atoms. The van der Waals surface area contributed by atoms with Crippen molar-refractivity contribution in [3.63, 3.8) is 0 Å². The van der Waals surface area contributed by atoms with Gasteiger partial charge in [-0.05, 0) is 31.4 Å². The summed E-state index contributed by atoms with van der Waals surface area (Å²) in [6.07, 6.45) is 5.60. The zero-order valence-electron chi connectivity index (χ0n) is 15.1. The summed E-state index contributed by atoms with van der Waals surface area (Å²) in [7, 11) is 1.76. The highest BCUT2D eigenvalue weighted by atomic mass is 16.5. The van der Waals surface area contributed by atoms with Gasteiger partial charge in [-0.3, -0.25) is 5.10 Å². The lowest BCUT2D eigenvalue weighted by atomic mass is 10.1. The molecule has 1 aliphatic heterocycles. The maximum Gasteiger partial charge on any atom is 0.245 e. The fourth-order valence-corrected chi connectivity index (χ4v) is 3.52. The summed E-state index contributed by atoms with van der Waals surface area (Å²) < 4.78 is 7.33. The van der Waals surface area contributed by atoms with E-state index in [1.807, 2.05) is 22.8 Å². The minimum Gasteiger partial charge on any atom is -0.380 e. The first-order valence-corrected chi connectivity index (χ1v) is 9.11. The van der Waals surface area contributed by atoms with E-state index in [-0.39, 0.29) is 11.5 Å². The smallest absolute Gasteiger partial charge is 0.245 e. The highest BCUT2D eigenvalue weighted by Gasteiger charge is 2.40. The molecule has 8 heteroatoms. The van der Waals surface area contributed by atoms with Gasteiger partial charge in [-0.2, -0.15) is 10.1 Å². The van der Waals surface area contributed by atoms with E-state index in [9.17, 15) is 0 Å². The van der Waals surface area contributed by atoms with Crippen molar-refractivity contribution < 1.29 is 4.74 Å². The predicted molar refractivity (Wildman–Crippen MR) is 99.1 cm³/mol. The fourth-order valence-electron chi connectivity index (χ4n) is 3.52. The van der Waals surface area contributed by atoms with E-state index in [4.69, 9.17) is 9.72 Å². The SMILES string of the molecule is CO[C@@H]1CCN(c2nc(Nc3cc(C4(C)CC4)[nH]n3)c3cccn3n2)C1. The number of H-pyrrole nitrogens is 1. The average Bonchev–Trinajstić information content (AvgIpc) is 3.13. The monoisotopic (exact) mass is 353 g/mol. The second kappa shape index (κ2) is 5.70. The van der Waals surface area contributed by atoms with Crippen LogP contribution in [0.1, 0.15) is 31.9 Å². The van der Waals surface area contributed by atoms with Crippen molar-refractivity contribution in [3.8, 4) is 0 Å². The zero-order valence-corrected chi connectivity index (χ0v) is 15.1. The van der Waals surface area contributed by atoms with Crippen LogP contribution in [0.25, 0.3) is 5.52 Å². The molecule has 1 saturated heterocycles. The molecule has 3 aromatic rings. The van der Waals surface area contributed by atoms with Gasteiger partial charge in [-0.15, -0.1) is 5.10 Å². The van der Waals surface area contributed by atoms with Gasteiger partial charge >= 0.3 is 0 Å². The molecule has 0 aromatic carbocycles. The Morgan fingerprint density at radius 2 is 2.27 bits per heavy atom. The van der Waals surface area contributed by atoms with Crippen molar-refractivity contribution in [2.75, 3.05) is 30.4 Å². The number of rotatable bonds is 5. The van der Waals surface area contributed by atoms with Crippen molar-refractivity contribution in [2.45, 2.75) is 37.7 Å². The van der Waals surface area contributed by atoms with E-state index in [1.54, 1.807) is 7.11 Å².